The van der Waals surface area contributed by atoms with Crippen LogP contribution in [0.5, 0.6) is 11.5 Å². The smallest absolute Gasteiger partial charge is 0.341 e. The van der Waals surface area contributed by atoms with Crippen LogP contribution in [-0.4, -0.2) is 44.7 Å². The van der Waals surface area contributed by atoms with Gasteiger partial charge >= 0.3 is 5.76 Å². The summed E-state index contributed by atoms with van der Waals surface area (Å²) in [4.78, 5) is 14.6. The maximum atomic E-state index is 13.3. The van der Waals surface area contributed by atoms with Crippen molar-refractivity contribution < 1.29 is 31.5 Å². The Bertz CT molecular complexity index is 1160. The van der Waals surface area contributed by atoms with Crippen LogP contribution >= 0.6 is 0 Å². The number of carbonyl (C=O) groups excluding carboxylic acids is 1. The van der Waals surface area contributed by atoms with Gasteiger partial charge in [-0.1, -0.05) is 12.8 Å². The van der Waals surface area contributed by atoms with Crippen molar-refractivity contribution in [2.45, 2.75) is 48.3 Å². The Balaban J connectivity index is 1.47. The fraction of sp³-hybridized carbons (Fsp3) is 0.435. The van der Waals surface area contributed by atoms with Gasteiger partial charge in [0.25, 0.3) is 5.91 Å². The number of sulfone groups is 1. The lowest BCUT2D eigenvalue weighted by Crippen LogP contribution is -2.46. The Morgan fingerprint density at radius 2 is 1.62 bits per heavy atom. The molecule has 1 aliphatic carbocycles. The normalized spacial score (nSPS) is 19.3. The molecule has 5 rings (SSSR count). The molecule has 1 saturated carbocycles. The molecule has 2 aromatic carbocycles. The van der Waals surface area contributed by atoms with Gasteiger partial charge in [-0.2, -0.15) is 8.78 Å². The Labute approximate surface area is 185 Å². The van der Waals surface area contributed by atoms with Gasteiger partial charge in [0.2, 0.25) is 9.84 Å². The third-order valence-electron chi connectivity index (χ3n) is 6.71. The van der Waals surface area contributed by atoms with Gasteiger partial charge < -0.3 is 14.4 Å². The molecule has 6 nitrogen and oxygen atoms in total. The second kappa shape index (κ2) is 7.72. The summed E-state index contributed by atoms with van der Waals surface area (Å²) >= 11 is 0. The van der Waals surface area contributed by atoms with Crippen LogP contribution < -0.4 is 9.47 Å². The molecular formula is C23H23F2NO5S. The Morgan fingerprint density at radius 3 is 2.25 bits per heavy atom. The summed E-state index contributed by atoms with van der Waals surface area (Å²) in [6, 6.07) is 8.78. The zero-order valence-corrected chi connectivity index (χ0v) is 18.2. The molecule has 0 unspecified atom stereocenters. The molecular weight excluding hydrogens is 440 g/mol. The molecule has 2 aromatic rings. The lowest BCUT2D eigenvalue weighted by Gasteiger charge is -2.43. The van der Waals surface area contributed by atoms with E-state index in [0.717, 1.165) is 49.1 Å². The second-order valence-electron chi connectivity index (χ2n) is 8.63. The number of hydrogen-bond acceptors (Lipinski definition) is 5. The summed E-state index contributed by atoms with van der Waals surface area (Å²) in [7, 11) is -4.70. The molecule has 0 N–H and O–H groups in total. The van der Waals surface area contributed by atoms with Gasteiger partial charge in [0.1, 0.15) is 13.2 Å². The van der Waals surface area contributed by atoms with E-state index < -0.39 is 20.5 Å². The van der Waals surface area contributed by atoms with Crippen molar-refractivity contribution in [1.82, 2.24) is 4.90 Å². The lowest BCUT2D eigenvalue weighted by molar-refractivity contribution is 0.0669. The van der Waals surface area contributed by atoms with Crippen molar-refractivity contribution in [2.24, 2.45) is 0 Å². The summed E-state index contributed by atoms with van der Waals surface area (Å²) in [6.07, 6.45) is 4.09. The standard InChI is InChI=1S/C23H23F2NO5S/c24-22(25)32(28,29)17-5-3-15(4-6-17)21(27)26-13-16-11-19-20(31-10-9-30-19)12-18(16)23(14-26)7-1-2-8-23/h3-6,11-12,22H,1-2,7-10,13-14H2. The third kappa shape index (κ3) is 3.43. The van der Waals surface area contributed by atoms with E-state index in [1.54, 1.807) is 4.90 Å². The van der Waals surface area contributed by atoms with Gasteiger partial charge in [0.15, 0.2) is 11.5 Å². The van der Waals surface area contributed by atoms with Crippen LogP contribution in [0.3, 0.4) is 0 Å². The number of rotatable bonds is 3. The van der Waals surface area contributed by atoms with Gasteiger partial charge in [-0.3, -0.25) is 4.79 Å². The van der Waals surface area contributed by atoms with Crippen LogP contribution in [-0.2, 0) is 21.8 Å². The highest BCUT2D eigenvalue weighted by Gasteiger charge is 2.44. The number of alkyl halides is 2. The molecule has 32 heavy (non-hydrogen) atoms. The molecule has 0 bridgehead atoms. The van der Waals surface area contributed by atoms with Crippen LogP contribution in [0, 0.1) is 0 Å². The minimum atomic E-state index is -4.70. The number of nitrogens with zero attached hydrogens (tertiary/aromatic N) is 1. The lowest BCUT2D eigenvalue weighted by atomic mass is 9.73. The minimum absolute atomic E-state index is 0.155. The molecule has 3 aliphatic rings. The first-order chi connectivity index (χ1) is 15.3. The molecule has 0 radical (unpaired) electrons. The molecule has 2 aliphatic heterocycles. The molecule has 0 atom stereocenters. The van der Waals surface area contributed by atoms with Crippen molar-refractivity contribution in [3.8, 4) is 11.5 Å². The first-order valence-electron chi connectivity index (χ1n) is 10.6. The molecule has 0 aromatic heterocycles. The highest BCUT2D eigenvalue weighted by Crippen LogP contribution is 2.49. The summed E-state index contributed by atoms with van der Waals surface area (Å²) in [5, 5.41) is 0. The first kappa shape index (κ1) is 21.2. The Morgan fingerprint density at radius 1 is 1.00 bits per heavy atom. The number of carbonyl (C=O) groups is 1. The van der Waals surface area contributed by atoms with Crippen LogP contribution in [0.25, 0.3) is 0 Å². The van der Waals surface area contributed by atoms with Crippen molar-refractivity contribution in [2.75, 3.05) is 19.8 Å². The molecule has 9 heteroatoms. The van der Waals surface area contributed by atoms with Gasteiger partial charge in [-0.05, 0) is 60.4 Å². The average molecular weight is 464 g/mol. The first-order valence-corrected chi connectivity index (χ1v) is 12.2. The fourth-order valence-electron chi connectivity index (χ4n) is 5.16. The van der Waals surface area contributed by atoms with E-state index in [9.17, 15) is 22.0 Å². The van der Waals surface area contributed by atoms with Gasteiger partial charge in [0, 0.05) is 24.1 Å². The summed E-state index contributed by atoms with van der Waals surface area (Å²) < 4.78 is 60.5. The number of ether oxygens (including phenoxy) is 2. The van der Waals surface area contributed by atoms with Gasteiger partial charge in [-0.25, -0.2) is 8.42 Å². The topological polar surface area (TPSA) is 72.9 Å². The van der Waals surface area contributed by atoms with Crippen molar-refractivity contribution in [1.29, 1.82) is 0 Å². The van der Waals surface area contributed by atoms with Crippen molar-refractivity contribution in [3.63, 3.8) is 0 Å². The van der Waals surface area contributed by atoms with Crippen molar-refractivity contribution in [3.05, 3.63) is 53.1 Å². The SMILES string of the molecule is O=C(c1ccc(S(=O)(=O)C(F)F)cc1)N1Cc2cc3c(cc2C2(CCCC2)C1)OCCO3. The molecule has 1 fully saturated rings. The summed E-state index contributed by atoms with van der Waals surface area (Å²) in [5.41, 5.74) is 2.35. The number of halogens is 2. The zero-order chi connectivity index (χ0) is 22.5. The highest BCUT2D eigenvalue weighted by molar-refractivity contribution is 7.91. The molecule has 1 spiro atoms. The van der Waals surface area contributed by atoms with Crippen LogP contribution in [0.1, 0.15) is 47.2 Å². The predicted molar refractivity (Wildman–Crippen MR) is 112 cm³/mol. The molecule has 1 amide bonds. The maximum Gasteiger partial charge on any atom is 0.341 e. The fourth-order valence-corrected chi connectivity index (χ4v) is 5.88. The molecule has 0 saturated heterocycles. The van der Waals surface area contributed by atoms with Crippen molar-refractivity contribution >= 4 is 15.7 Å². The van der Waals surface area contributed by atoms with E-state index in [2.05, 4.69) is 6.07 Å². The van der Waals surface area contributed by atoms with Crippen LogP contribution in [0.4, 0.5) is 8.78 Å². The monoisotopic (exact) mass is 463 g/mol. The number of hydrogen-bond donors (Lipinski definition) is 0. The van der Waals surface area contributed by atoms with Gasteiger partial charge in [0.05, 0.1) is 4.90 Å². The van der Waals surface area contributed by atoms with E-state index in [1.165, 1.54) is 17.7 Å². The average Bonchev–Trinajstić information content (AvgIpc) is 3.26. The minimum Gasteiger partial charge on any atom is -0.486 e. The second-order valence-corrected chi connectivity index (χ2v) is 10.5. The van der Waals surface area contributed by atoms with E-state index in [4.69, 9.17) is 9.47 Å². The quantitative estimate of drug-likeness (QED) is 0.690. The summed E-state index contributed by atoms with van der Waals surface area (Å²) in [6.45, 7) is 1.94. The number of fused-ring (bicyclic) bond motifs is 3. The summed E-state index contributed by atoms with van der Waals surface area (Å²) in [5.74, 6) is -2.32. The van der Waals surface area contributed by atoms with E-state index in [0.29, 0.717) is 32.1 Å². The Kier molecular flexibility index (Phi) is 5.11. The van der Waals surface area contributed by atoms with Crippen LogP contribution in [0.15, 0.2) is 41.3 Å². The predicted octanol–water partition coefficient (Wildman–Crippen LogP) is 3.92. The Hall–Kier alpha value is -2.68. The maximum absolute atomic E-state index is 13.3. The molecule has 170 valence electrons. The zero-order valence-electron chi connectivity index (χ0n) is 17.4. The van der Waals surface area contributed by atoms with E-state index >= 15 is 0 Å². The van der Waals surface area contributed by atoms with E-state index in [1.807, 2.05) is 6.07 Å². The largest absolute Gasteiger partial charge is 0.486 e. The number of benzene rings is 2. The number of amides is 1. The van der Waals surface area contributed by atoms with Crippen LogP contribution in [0.2, 0.25) is 0 Å². The third-order valence-corrected chi connectivity index (χ3v) is 8.10. The van der Waals surface area contributed by atoms with Gasteiger partial charge in [-0.15, -0.1) is 0 Å². The molecule has 2 heterocycles. The van der Waals surface area contributed by atoms with E-state index in [-0.39, 0.29) is 16.9 Å². The highest BCUT2D eigenvalue weighted by atomic mass is 32.2.